The van der Waals surface area contributed by atoms with Gasteiger partial charge in [0, 0.05) is 17.9 Å². The predicted molar refractivity (Wildman–Crippen MR) is 90.5 cm³/mol. The van der Waals surface area contributed by atoms with E-state index in [-0.39, 0.29) is 17.8 Å². The Morgan fingerprint density at radius 2 is 1.48 bits per heavy atom. The van der Waals surface area contributed by atoms with E-state index in [9.17, 15) is 39.5 Å². The van der Waals surface area contributed by atoms with Gasteiger partial charge < -0.3 is 14.2 Å². The first-order valence-corrected chi connectivity index (χ1v) is 9.30. The monoisotopic (exact) mass is 468 g/mol. The van der Waals surface area contributed by atoms with Crippen molar-refractivity contribution in [1.82, 2.24) is 0 Å². The van der Waals surface area contributed by atoms with Gasteiger partial charge >= 0.3 is 23.9 Å². The first-order chi connectivity index (χ1) is 14.1. The Hall–Kier alpha value is -1.69. The molecule has 1 fully saturated rings. The smallest absolute Gasteiger partial charge is 0.460 e. The first kappa shape index (κ1) is 25.6. The van der Waals surface area contributed by atoms with Gasteiger partial charge in [0.2, 0.25) is 0 Å². The fourth-order valence-electron chi connectivity index (χ4n) is 2.69. The van der Waals surface area contributed by atoms with Gasteiger partial charge in [-0.25, -0.2) is 0 Å². The van der Waals surface area contributed by atoms with Crippen LogP contribution in [-0.2, 0) is 9.47 Å². The SMILES string of the molecule is C[C@@H]1O[C@H](c2ccc(OCCCC(F)(F)C(F)(F)C(F)(F)C(F)(F)F)cc2)OC[C@@H]1C. The van der Waals surface area contributed by atoms with E-state index in [0.29, 0.717) is 12.2 Å². The van der Waals surface area contributed by atoms with Gasteiger partial charge in [0.25, 0.3) is 0 Å². The van der Waals surface area contributed by atoms with Gasteiger partial charge in [-0.1, -0.05) is 19.1 Å². The molecule has 0 aliphatic carbocycles. The number of alkyl halides is 9. The lowest BCUT2D eigenvalue weighted by molar-refractivity contribution is -0.396. The number of hydrogen-bond acceptors (Lipinski definition) is 3. The second-order valence-electron chi connectivity index (χ2n) is 7.36. The summed E-state index contributed by atoms with van der Waals surface area (Å²) in [5, 5.41) is 0. The molecule has 1 saturated heterocycles. The molecule has 1 aliphatic rings. The van der Waals surface area contributed by atoms with Crippen LogP contribution in [0.4, 0.5) is 39.5 Å². The highest BCUT2D eigenvalue weighted by atomic mass is 19.4. The van der Waals surface area contributed by atoms with Crippen LogP contribution in [0.2, 0.25) is 0 Å². The van der Waals surface area contributed by atoms with Gasteiger partial charge in [-0.2, -0.15) is 39.5 Å². The summed E-state index contributed by atoms with van der Waals surface area (Å²) < 4.78 is 131. The van der Waals surface area contributed by atoms with E-state index in [1.165, 1.54) is 12.1 Å². The second-order valence-corrected chi connectivity index (χ2v) is 7.36. The van der Waals surface area contributed by atoms with Crippen LogP contribution < -0.4 is 4.74 Å². The summed E-state index contributed by atoms with van der Waals surface area (Å²) in [6.45, 7) is 3.73. The molecular formula is C19H21F9O3. The zero-order chi connectivity index (χ0) is 23.7. The predicted octanol–water partition coefficient (Wildman–Crippen LogP) is 6.38. The normalized spacial score (nSPS) is 23.6. The van der Waals surface area contributed by atoms with Crippen molar-refractivity contribution in [2.24, 2.45) is 5.92 Å². The number of halogens is 9. The fourth-order valence-corrected chi connectivity index (χ4v) is 2.69. The summed E-state index contributed by atoms with van der Waals surface area (Å²) >= 11 is 0. The van der Waals surface area contributed by atoms with E-state index >= 15 is 0 Å². The lowest BCUT2D eigenvalue weighted by Gasteiger charge is -2.33. The van der Waals surface area contributed by atoms with E-state index in [1.54, 1.807) is 12.1 Å². The van der Waals surface area contributed by atoms with Gasteiger partial charge in [-0.05, 0) is 25.5 Å². The maximum Gasteiger partial charge on any atom is 0.460 e. The molecule has 1 heterocycles. The molecule has 1 aliphatic heterocycles. The van der Waals surface area contributed by atoms with E-state index in [0.717, 1.165) is 0 Å². The van der Waals surface area contributed by atoms with Gasteiger partial charge in [-0.15, -0.1) is 0 Å². The van der Waals surface area contributed by atoms with Crippen molar-refractivity contribution in [3.05, 3.63) is 29.8 Å². The maximum absolute atomic E-state index is 13.5. The molecule has 0 aromatic heterocycles. The molecule has 0 saturated carbocycles. The molecular weight excluding hydrogens is 447 g/mol. The lowest BCUT2D eigenvalue weighted by Crippen LogP contribution is -2.60. The molecule has 0 N–H and O–H groups in total. The third-order valence-electron chi connectivity index (χ3n) is 4.92. The zero-order valence-electron chi connectivity index (χ0n) is 16.5. The number of ether oxygens (including phenoxy) is 3. The molecule has 3 nitrogen and oxygen atoms in total. The van der Waals surface area contributed by atoms with Crippen molar-refractivity contribution in [2.45, 2.75) is 63.0 Å². The van der Waals surface area contributed by atoms with Gasteiger partial charge in [-0.3, -0.25) is 0 Å². The van der Waals surface area contributed by atoms with Crippen molar-refractivity contribution in [2.75, 3.05) is 13.2 Å². The van der Waals surface area contributed by atoms with Gasteiger partial charge in [0.15, 0.2) is 6.29 Å². The Labute approximate surface area is 172 Å². The number of benzene rings is 1. The minimum atomic E-state index is -6.88. The third-order valence-corrected chi connectivity index (χ3v) is 4.92. The largest absolute Gasteiger partial charge is 0.494 e. The highest BCUT2D eigenvalue weighted by molar-refractivity contribution is 5.28. The Morgan fingerprint density at radius 3 is 2.00 bits per heavy atom. The van der Waals surface area contributed by atoms with Crippen molar-refractivity contribution >= 4 is 0 Å². The highest BCUT2D eigenvalue weighted by Gasteiger charge is 2.81. The molecule has 12 heteroatoms. The first-order valence-electron chi connectivity index (χ1n) is 9.30. The Bertz CT molecular complexity index is 719. The molecule has 0 amide bonds. The highest BCUT2D eigenvalue weighted by Crippen LogP contribution is 2.54. The van der Waals surface area contributed by atoms with Crippen LogP contribution in [0.5, 0.6) is 5.75 Å². The molecule has 1 aromatic carbocycles. The van der Waals surface area contributed by atoms with E-state index in [4.69, 9.17) is 14.2 Å². The zero-order valence-corrected chi connectivity index (χ0v) is 16.5. The number of rotatable bonds is 8. The van der Waals surface area contributed by atoms with Crippen LogP contribution in [0.15, 0.2) is 24.3 Å². The third kappa shape index (κ3) is 5.39. The van der Waals surface area contributed by atoms with Gasteiger partial charge in [0.1, 0.15) is 5.75 Å². The van der Waals surface area contributed by atoms with Crippen molar-refractivity contribution in [1.29, 1.82) is 0 Å². The number of hydrogen-bond donors (Lipinski definition) is 0. The van der Waals surface area contributed by atoms with Crippen LogP contribution in [0.25, 0.3) is 0 Å². The summed E-state index contributed by atoms with van der Waals surface area (Å²) in [4.78, 5) is 0. The van der Waals surface area contributed by atoms with Crippen LogP contribution in [0.3, 0.4) is 0 Å². The van der Waals surface area contributed by atoms with E-state index in [1.807, 2.05) is 13.8 Å². The minimum Gasteiger partial charge on any atom is -0.494 e. The molecule has 178 valence electrons. The molecule has 0 radical (unpaired) electrons. The summed E-state index contributed by atoms with van der Waals surface area (Å²) in [5.41, 5.74) is 0.645. The molecule has 0 spiro atoms. The van der Waals surface area contributed by atoms with Gasteiger partial charge in [0.05, 0.1) is 19.3 Å². The molecule has 0 bridgehead atoms. The Kier molecular flexibility index (Phi) is 7.46. The summed E-state index contributed by atoms with van der Waals surface area (Å²) in [7, 11) is 0. The summed E-state index contributed by atoms with van der Waals surface area (Å²) in [6, 6.07) is 5.98. The maximum atomic E-state index is 13.5. The summed E-state index contributed by atoms with van der Waals surface area (Å²) in [5.74, 6) is -18.7. The molecule has 3 atom stereocenters. The van der Waals surface area contributed by atoms with E-state index in [2.05, 4.69) is 0 Å². The average Bonchev–Trinajstić information content (AvgIpc) is 2.67. The fraction of sp³-hybridized carbons (Fsp3) is 0.684. The summed E-state index contributed by atoms with van der Waals surface area (Å²) in [6.07, 6.45) is -10.3. The molecule has 2 rings (SSSR count). The topological polar surface area (TPSA) is 27.7 Å². The average molecular weight is 468 g/mol. The molecule has 0 unspecified atom stereocenters. The lowest BCUT2D eigenvalue weighted by atomic mass is 10.00. The van der Waals surface area contributed by atoms with Crippen LogP contribution in [0.1, 0.15) is 38.5 Å². The molecule has 1 aromatic rings. The second kappa shape index (κ2) is 9.05. The Morgan fingerprint density at radius 1 is 0.903 bits per heavy atom. The van der Waals surface area contributed by atoms with E-state index < -0.39 is 49.7 Å². The van der Waals surface area contributed by atoms with Crippen molar-refractivity contribution in [3.63, 3.8) is 0 Å². The minimum absolute atomic E-state index is 0.0424. The molecule has 31 heavy (non-hydrogen) atoms. The standard InChI is InChI=1S/C19H21F9O3/c1-11-10-30-15(31-12(11)2)13-4-6-14(7-5-13)29-9-3-8-16(20,21)17(22,23)18(24,25)19(26,27)28/h4-7,11-12,15H,3,8-10H2,1-2H3/t11-,12-,15+/m0/s1. The van der Waals surface area contributed by atoms with Crippen LogP contribution in [0, 0.1) is 5.92 Å². The quantitative estimate of drug-likeness (QED) is 0.327. The Balaban J connectivity index is 1.88. The van der Waals surface area contributed by atoms with Crippen molar-refractivity contribution in [3.8, 4) is 5.75 Å². The van der Waals surface area contributed by atoms with Crippen molar-refractivity contribution < 1.29 is 53.7 Å². The van der Waals surface area contributed by atoms with Crippen LogP contribution in [-0.4, -0.2) is 43.3 Å². The van der Waals surface area contributed by atoms with Crippen LogP contribution >= 0.6 is 0 Å².